The molecule has 3 N–H and O–H groups in total. The van der Waals surface area contributed by atoms with Gasteiger partial charge in [0.25, 0.3) is 0 Å². The fraction of sp³-hybridized carbons (Fsp3) is 0.385. The highest BCUT2D eigenvalue weighted by Gasteiger charge is 2.32. The Labute approximate surface area is 105 Å². The van der Waals surface area contributed by atoms with Gasteiger partial charge in [-0.25, -0.2) is 0 Å². The third kappa shape index (κ3) is 1.44. The second kappa shape index (κ2) is 3.81. The van der Waals surface area contributed by atoms with E-state index >= 15 is 0 Å². The number of H-pyrrole nitrogens is 1. The highest BCUT2D eigenvalue weighted by atomic mass is 16.2. The monoisotopic (exact) mass is 244 g/mol. The van der Waals surface area contributed by atoms with Crippen LogP contribution in [0.1, 0.15) is 31.0 Å². The largest absolute Gasteiger partial charge is 0.334 e. The summed E-state index contributed by atoms with van der Waals surface area (Å²) in [5, 5.41) is 8.06. The Kier molecular flexibility index (Phi) is 2.38. The molecule has 0 fully saturated rings. The minimum absolute atomic E-state index is 0.000319. The number of amides is 1. The number of benzene rings is 1. The van der Waals surface area contributed by atoms with E-state index in [0.717, 1.165) is 22.0 Å². The molecule has 3 rings (SSSR count). The van der Waals surface area contributed by atoms with Gasteiger partial charge in [-0.05, 0) is 31.0 Å². The van der Waals surface area contributed by atoms with Crippen LogP contribution in [0.25, 0.3) is 10.9 Å². The standard InChI is InChI=1S/C13H16N4O/c1-7(2)17-6-10-8(12(14)13(17)18)3-4-11-9(10)5-15-16-11/h3-5,7,12H,6,14H2,1-2H3,(H,15,16). The fourth-order valence-corrected chi connectivity index (χ4v) is 2.56. The summed E-state index contributed by atoms with van der Waals surface area (Å²) in [5.74, 6) is 0.000319. The average molecular weight is 244 g/mol. The number of aromatic amines is 1. The van der Waals surface area contributed by atoms with Crippen LogP contribution < -0.4 is 5.73 Å². The minimum atomic E-state index is -0.560. The van der Waals surface area contributed by atoms with Crippen LogP contribution in [-0.4, -0.2) is 27.0 Å². The SMILES string of the molecule is CC(C)N1Cc2c(ccc3[nH]ncc23)C(N)C1=O. The number of nitrogens with zero attached hydrogens (tertiary/aromatic N) is 2. The Balaban J connectivity index is 2.20. The highest BCUT2D eigenvalue weighted by molar-refractivity contribution is 5.91. The Morgan fingerprint density at radius 3 is 3.00 bits per heavy atom. The quantitative estimate of drug-likeness (QED) is 0.794. The molecular weight excluding hydrogens is 228 g/mol. The van der Waals surface area contributed by atoms with Crippen molar-refractivity contribution in [3.8, 4) is 0 Å². The first kappa shape index (κ1) is 11.2. The maximum absolute atomic E-state index is 12.2. The predicted octanol–water partition coefficient (Wildman–Crippen LogP) is 1.31. The molecule has 1 aliphatic rings. The Hall–Kier alpha value is -1.88. The molecule has 0 radical (unpaired) electrons. The summed E-state index contributed by atoms with van der Waals surface area (Å²) in [7, 11) is 0. The molecule has 1 atom stereocenters. The number of carbonyl (C=O) groups excluding carboxylic acids is 1. The lowest BCUT2D eigenvalue weighted by Crippen LogP contribution is -2.46. The van der Waals surface area contributed by atoms with Crippen molar-refractivity contribution in [1.29, 1.82) is 0 Å². The summed E-state index contributed by atoms with van der Waals surface area (Å²) >= 11 is 0. The predicted molar refractivity (Wildman–Crippen MR) is 68.7 cm³/mol. The van der Waals surface area contributed by atoms with Gasteiger partial charge in [0, 0.05) is 18.0 Å². The number of aromatic nitrogens is 2. The van der Waals surface area contributed by atoms with E-state index in [1.54, 1.807) is 6.20 Å². The smallest absolute Gasteiger partial charge is 0.244 e. The van der Waals surface area contributed by atoms with Crippen molar-refractivity contribution >= 4 is 16.8 Å². The van der Waals surface area contributed by atoms with Crippen LogP contribution in [0.4, 0.5) is 0 Å². The third-order valence-electron chi connectivity index (χ3n) is 3.61. The number of hydrogen-bond donors (Lipinski definition) is 2. The van der Waals surface area contributed by atoms with Gasteiger partial charge in [0.05, 0.1) is 11.7 Å². The zero-order chi connectivity index (χ0) is 12.9. The first-order chi connectivity index (χ1) is 8.59. The van der Waals surface area contributed by atoms with Crippen LogP contribution in [0, 0.1) is 0 Å². The molecule has 1 aliphatic heterocycles. The van der Waals surface area contributed by atoms with Gasteiger partial charge in [-0.3, -0.25) is 9.89 Å². The molecule has 0 spiro atoms. The molecular formula is C13H16N4O. The molecule has 0 saturated heterocycles. The van der Waals surface area contributed by atoms with E-state index in [1.807, 2.05) is 30.9 Å². The van der Waals surface area contributed by atoms with Gasteiger partial charge < -0.3 is 10.6 Å². The zero-order valence-electron chi connectivity index (χ0n) is 10.5. The lowest BCUT2D eigenvalue weighted by molar-refractivity contribution is -0.136. The van der Waals surface area contributed by atoms with Crippen molar-refractivity contribution in [1.82, 2.24) is 15.1 Å². The summed E-state index contributed by atoms with van der Waals surface area (Å²) in [6.45, 7) is 4.62. The first-order valence-electron chi connectivity index (χ1n) is 6.10. The van der Waals surface area contributed by atoms with Crippen LogP contribution in [0.3, 0.4) is 0 Å². The molecule has 2 aromatic rings. The topological polar surface area (TPSA) is 75.0 Å². The van der Waals surface area contributed by atoms with E-state index in [-0.39, 0.29) is 11.9 Å². The lowest BCUT2D eigenvalue weighted by atomic mass is 9.92. The number of fused-ring (bicyclic) bond motifs is 3. The van der Waals surface area contributed by atoms with Crippen LogP contribution in [0.2, 0.25) is 0 Å². The van der Waals surface area contributed by atoms with Crippen molar-refractivity contribution in [2.24, 2.45) is 5.73 Å². The molecule has 5 nitrogen and oxygen atoms in total. The van der Waals surface area contributed by atoms with E-state index in [9.17, 15) is 4.79 Å². The number of hydrogen-bond acceptors (Lipinski definition) is 3. The van der Waals surface area contributed by atoms with Gasteiger partial charge in [0.15, 0.2) is 0 Å². The van der Waals surface area contributed by atoms with Crippen LogP contribution in [-0.2, 0) is 11.3 Å². The van der Waals surface area contributed by atoms with E-state index in [2.05, 4.69) is 10.2 Å². The Bertz CT molecular complexity index is 616. The second-order valence-electron chi connectivity index (χ2n) is 5.00. The zero-order valence-corrected chi connectivity index (χ0v) is 10.5. The van der Waals surface area contributed by atoms with Crippen molar-refractivity contribution in [2.75, 3.05) is 0 Å². The molecule has 1 aromatic heterocycles. The first-order valence-corrected chi connectivity index (χ1v) is 6.10. The molecule has 5 heteroatoms. The van der Waals surface area contributed by atoms with E-state index in [1.165, 1.54) is 0 Å². The summed E-state index contributed by atoms with van der Waals surface area (Å²) in [4.78, 5) is 14.0. The van der Waals surface area contributed by atoms with Gasteiger partial charge in [-0.2, -0.15) is 5.10 Å². The van der Waals surface area contributed by atoms with Crippen molar-refractivity contribution in [3.63, 3.8) is 0 Å². The van der Waals surface area contributed by atoms with E-state index < -0.39 is 6.04 Å². The summed E-state index contributed by atoms with van der Waals surface area (Å²) < 4.78 is 0. The number of carbonyl (C=O) groups is 1. The maximum Gasteiger partial charge on any atom is 0.244 e. The molecule has 0 bridgehead atoms. The third-order valence-corrected chi connectivity index (χ3v) is 3.61. The second-order valence-corrected chi connectivity index (χ2v) is 5.00. The Morgan fingerprint density at radius 1 is 1.50 bits per heavy atom. The number of rotatable bonds is 1. The maximum atomic E-state index is 12.2. The molecule has 94 valence electrons. The molecule has 1 amide bonds. The van der Waals surface area contributed by atoms with Crippen molar-refractivity contribution in [3.05, 3.63) is 29.5 Å². The van der Waals surface area contributed by atoms with Gasteiger partial charge in [-0.1, -0.05) is 6.07 Å². The molecule has 1 unspecified atom stereocenters. The van der Waals surface area contributed by atoms with Gasteiger partial charge in [0.1, 0.15) is 6.04 Å². The van der Waals surface area contributed by atoms with Crippen LogP contribution in [0.15, 0.2) is 18.3 Å². The summed E-state index contributed by atoms with van der Waals surface area (Å²) in [5.41, 5.74) is 9.08. The molecule has 0 saturated carbocycles. The molecule has 18 heavy (non-hydrogen) atoms. The minimum Gasteiger partial charge on any atom is -0.334 e. The molecule has 2 heterocycles. The number of nitrogens with two attached hydrogens (primary N) is 1. The average Bonchev–Trinajstić information content (AvgIpc) is 2.81. The van der Waals surface area contributed by atoms with Crippen LogP contribution in [0.5, 0.6) is 0 Å². The summed E-state index contributed by atoms with van der Waals surface area (Å²) in [6, 6.07) is 3.45. The van der Waals surface area contributed by atoms with Gasteiger partial charge >= 0.3 is 0 Å². The number of nitrogens with one attached hydrogen (secondary N) is 1. The lowest BCUT2D eigenvalue weighted by Gasteiger charge is -2.35. The van der Waals surface area contributed by atoms with Gasteiger partial charge in [0.2, 0.25) is 5.91 Å². The van der Waals surface area contributed by atoms with E-state index in [0.29, 0.717) is 6.54 Å². The molecule has 1 aromatic carbocycles. The van der Waals surface area contributed by atoms with Crippen LogP contribution >= 0.6 is 0 Å². The Morgan fingerprint density at radius 2 is 2.28 bits per heavy atom. The summed E-state index contributed by atoms with van der Waals surface area (Å²) in [6.07, 6.45) is 1.80. The molecule has 0 aliphatic carbocycles. The highest BCUT2D eigenvalue weighted by Crippen LogP contribution is 2.32. The van der Waals surface area contributed by atoms with Gasteiger partial charge in [-0.15, -0.1) is 0 Å². The van der Waals surface area contributed by atoms with E-state index in [4.69, 9.17) is 5.73 Å². The van der Waals surface area contributed by atoms with Crippen molar-refractivity contribution in [2.45, 2.75) is 32.5 Å². The normalized spacial score (nSPS) is 19.7. The van der Waals surface area contributed by atoms with Crippen molar-refractivity contribution < 1.29 is 4.79 Å². The fourth-order valence-electron chi connectivity index (χ4n) is 2.56.